The van der Waals surface area contributed by atoms with Crippen LogP contribution in [0.25, 0.3) is 0 Å². The quantitative estimate of drug-likeness (QED) is 0.687. The van der Waals surface area contributed by atoms with Gasteiger partial charge in [-0.2, -0.15) is 4.68 Å². The highest BCUT2D eigenvalue weighted by atomic mass is 16.5. The van der Waals surface area contributed by atoms with Crippen molar-refractivity contribution in [1.82, 2.24) is 20.2 Å². The lowest BCUT2D eigenvalue weighted by atomic mass is 9.73. The number of allylic oxidation sites excluding steroid dienone is 2. The van der Waals surface area contributed by atoms with Crippen molar-refractivity contribution >= 4 is 11.7 Å². The Morgan fingerprint density at radius 3 is 2.77 bits per heavy atom. The molecule has 0 saturated carbocycles. The van der Waals surface area contributed by atoms with Crippen LogP contribution >= 0.6 is 0 Å². The van der Waals surface area contributed by atoms with E-state index in [0.29, 0.717) is 19.0 Å². The summed E-state index contributed by atoms with van der Waals surface area (Å²) in [6.07, 6.45) is 1.28. The van der Waals surface area contributed by atoms with Crippen LogP contribution in [0.1, 0.15) is 49.4 Å². The van der Waals surface area contributed by atoms with Crippen molar-refractivity contribution in [3.63, 3.8) is 0 Å². The van der Waals surface area contributed by atoms with E-state index in [2.05, 4.69) is 65.9 Å². The molecule has 0 bridgehead atoms. The number of anilines is 1. The van der Waals surface area contributed by atoms with Crippen LogP contribution in [0.4, 0.5) is 5.95 Å². The number of hydrogen-bond donors (Lipinski definition) is 1. The Hall–Kier alpha value is -3.48. The van der Waals surface area contributed by atoms with Gasteiger partial charge in [-0.1, -0.05) is 60.9 Å². The Morgan fingerprint density at radius 2 is 1.97 bits per heavy atom. The number of ketones is 1. The lowest BCUT2D eigenvalue weighted by Crippen LogP contribution is -2.36. The second-order valence-corrected chi connectivity index (χ2v) is 9.15. The van der Waals surface area contributed by atoms with Gasteiger partial charge in [0.1, 0.15) is 18.4 Å². The van der Waals surface area contributed by atoms with Crippen LogP contribution in [0.3, 0.4) is 0 Å². The molecule has 1 aromatic heterocycles. The molecule has 0 radical (unpaired) electrons. The number of carbonyl (C=O) groups excluding carboxylic acids is 1. The van der Waals surface area contributed by atoms with Gasteiger partial charge in [0.25, 0.3) is 0 Å². The van der Waals surface area contributed by atoms with Crippen LogP contribution in [0.2, 0.25) is 0 Å². The summed E-state index contributed by atoms with van der Waals surface area (Å²) in [7, 11) is 0. The van der Waals surface area contributed by atoms with Crippen molar-refractivity contribution in [1.29, 1.82) is 0 Å². The number of nitrogens with one attached hydrogen (secondary N) is 1. The van der Waals surface area contributed by atoms with Crippen LogP contribution in [0.15, 0.2) is 59.8 Å². The average molecular weight is 415 g/mol. The number of benzene rings is 2. The van der Waals surface area contributed by atoms with Crippen LogP contribution in [-0.2, 0) is 11.4 Å². The molecule has 1 aliphatic carbocycles. The summed E-state index contributed by atoms with van der Waals surface area (Å²) in [5, 5.41) is 15.4. The smallest absolute Gasteiger partial charge is 0.248 e. The molecular formula is C24H25N5O2. The molecule has 31 heavy (non-hydrogen) atoms. The fourth-order valence-electron chi connectivity index (χ4n) is 4.40. The van der Waals surface area contributed by atoms with Crippen molar-refractivity contribution < 1.29 is 9.53 Å². The maximum Gasteiger partial charge on any atom is 0.248 e. The normalized spacial score (nSPS) is 19.5. The summed E-state index contributed by atoms with van der Waals surface area (Å²) in [6, 6.07) is 15.8. The largest absolute Gasteiger partial charge is 0.489 e. The molecule has 1 aliphatic heterocycles. The predicted molar refractivity (Wildman–Crippen MR) is 117 cm³/mol. The van der Waals surface area contributed by atoms with Crippen LogP contribution in [-0.4, -0.2) is 26.0 Å². The number of carbonyl (C=O) groups is 1. The zero-order valence-electron chi connectivity index (χ0n) is 17.9. The van der Waals surface area contributed by atoms with E-state index in [9.17, 15) is 4.79 Å². The predicted octanol–water partition coefficient (Wildman–Crippen LogP) is 4.22. The third-order valence-electron chi connectivity index (χ3n) is 5.89. The Bertz CT molecular complexity index is 1180. The number of tetrazole rings is 1. The zero-order valence-corrected chi connectivity index (χ0v) is 17.9. The number of aromatic nitrogens is 4. The molecule has 2 heterocycles. The number of Topliss-reactive ketones (excluding diaryl/α,β-unsaturated/α-hetero) is 1. The van der Waals surface area contributed by atoms with Crippen molar-refractivity contribution in [2.24, 2.45) is 5.41 Å². The Balaban J connectivity index is 1.48. The van der Waals surface area contributed by atoms with Crippen molar-refractivity contribution in [3.05, 3.63) is 76.5 Å². The maximum atomic E-state index is 13.2. The summed E-state index contributed by atoms with van der Waals surface area (Å²) in [4.78, 5) is 13.2. The van der Waals surface area contributed by atoms with Crippen molar-refractivity contribution in [2.45, 2.75) is 46.3 Å². The van der Waals surface area contributed by atoms with Gasteiger partial charge in [-0.3, -0.25) is 4.79 Å². The van der Waals surface area contributed by atoms with E-state index >= 15 is 0 Å². The lowest BCUT2D eigenvalue weighted by Gasteiger charge is -2.37. The fourth-order valence-corrected chi connectivity index (χ4v) is 4.40. The zero-order chi connectivity index (χ0) is 21.6. The monoisotopic (exact) mass is 415 g/mol. The van der Waals surface area contributed by atoms with Crippen LogP contribution in [0, 0.1) is 12.3 Å². The SMILES string of the molecule is Cc1ccc(COc2cccc(C3C4=C(CC(C)(C)CC4=O)Nc4nnnn43)c2)cc1. The molecule has 0 fully saturated rings. The van der Waals surface area contributed by atoms with Gasteiger partial charge in [0.05, 0.1) is 0 Å². The highest BCUT2D eigenvalue weighted by Crippen LogP contribution is 2.45. The van der Waals surface area contributed by atoms with E-state index in [1.807, 2.05) is 24.3 Å². The number of aryl methyl sites for hydroxylation is 1. The summed E-state index contributed by atoms with van der Waals surface area (Å²) >= 11 is 0. The van der Waals surface area contributed by atoms with Gasteiger partial charge < -0.3 is 10.1 Å². The molecule has 5 rings (SSSR count). The minimum Gasteiger partial charge on any atom is -0.489 e. The maximum absolute atomic E-state index is 13.2. The first-order valence-electron chi connectivity index (χ1n) is 10.5. The summed E-state index contributed by atoms with van der Waals surface area (Å²) in [5.74, 6) is 1.44. The first kappa shape index (κ1) is 19.5. The molecule has 1 atom stereocenters. The number of nitrogens with zero attached hydrogens (tertiary/aromatic N) is 4. The van der Waals surface area contributed by atoms with Crippen LogP contribution in [0.5, 0.6) is 5.75 Å². The minimum absolute atomic E-state index is 0.0952. The van der Waals surface area contributed by atoms with Crippen molar-refractivity contribution in [2.75, 3.05) is 5.32 Å². The molecule has 3 aromatic rings. The van der Waals surface area contributed by atoms with Gasteiger partial charge in [0.15, 0.2) is 5.78 Å². The van der Waals surface area contributed by atoms with E-state index in [4.69, 9.17) is 4.74 Å². The van der Waals surface area contributed by atoms with Gasteiger partial charge in [-0.05, 0) is 52.4 Å². The van der Waals surface area contributed by atoms with E-state index in [0.717, 1.165) is 34.6 Å². The van der Waals surface area contributed by atoms with E-state index in [1.54, 1.807) is 4.68 Å². The number of fused-ring (bicyclic) bond motifs is 1. The molecule has 0 spiro atoms. The molecule has 1 N–H and O–H groups in total. The van der Waals surface area contributed by atoms with Crippen molar-refractivity contribution in [3.8, 4) is 5.75 Å². The summed E-state index contributed by atoms with van der Waals surface area (Å²) in [5.41, 5.74) is 4.82. The number of hydrogen-bond acceptors (Lipinski definition) is 6. The lowest BCUT2D eigenvalue weighted by molar-refractivity contribution is -0.118. The molecule has 0 saturated heterocycles. The fraction of sp³-hybridized carbons (Fsp3) is 0.333. The Labute approximate surface area is 181 Å². The first-order chi connectivity index (χ1) is 14.9. The van der Waals surface area contributed by atoms with Crippen LogP contribution < -0.4 is 10.1 Å². The molecule has 2 aliphatic rings. The average Bonchev–Trinajstić information content (AvgIpc) is 3.19. The minimum atomic E-state index is -0.368. The molecule has 2 aromatic carbocycles. The van der Waals surface area contributed by atoms with E-state index < -0.39 is 0 Å². The molecule has 7 nitrogen and oxygen atoms in total. The molecule has 1 unspecified atom stereocenters. The standard InChI is InChI=1S/C24H25N5O2/c1-15-7-9-16(10-8-15)14-31-18-6-4-5-17(11-18)22-21-19(12-24(2,3)13-20(21)30)25-23-26-27-28-29(22)23/h4-11,22H,12-14H2,1-3H3,(H,25,26,28). The molecule has 158 valence electrons. The third kappa shape index (κ3) is 3.71. The number of ether oxygens (including phenoxy) is 1. The first-order valence-corrected chi connectivity index (χ1v) is 10.5. The van der Waals surface area contributed by atoms with E-state index in [1.165, 1.54) is 5.56 Å². The topological polar surface area (TPSA) is 81.9 Å². The molecular weight excluding hydrogens is 390 g/mol. The molecule has 0 amide bonds. The van der Waals surface area contributed by atoms with Gasteiger partial charge in [0.2, 0.25) is 5.95 Å². The van der Waals surface area contributed by atoms with Gasteiger partial charge in [-0.15, -0.1) is 0 Å². The second-order valence-electron chi connectivity index (χ2n) is 9.15. The van der Waals surface area contributed by atoms with Gasteiger partial charge in [0, 0.05) is 17.7 Å². The number of rotatable bonds is 4. The summed E-state index contributed by atoms with van der Waals surface area (Å²) in [6.45, 7) is 6.77. The van der Waals surface area contributed by atoms with Gasteiger partial charge in [-0.25, -0.2) is 0 Å². The highest BCUT2D eigenvalue weighted by Gasteiger charge is 2.41. The summed E-state index contributed by atoms with van der Waals surface area (Å²) < 4.78 is 7.74. The highest BCUT2D eigenvalue weighted by molar-refractivity contribution is 6.00. The van der Waals surface area contributed by atoms with E-state index in [-0.39, 0.29) is 17.2 Å². The molecule has 7 heteroatoms. The Morgan fingerprint density at radius 1 is 1.16 bits per heavy atom. The Kier molecular flexibility index (Phi) is 4.61. The van der Waals surface area contributed by atoms with Gasteiger partial charge >= 0.3 is 0 Å². The third-order valence-corrected chi connectivity index (χ3v) is 5.89. The second kappa shape index (κ2) is 7.34.